The van der Waals surface area contributed by atoms with Crippen LogP contribution in [0.4, 0.5) is 10.1 Å². The summed E-state index contributed by atoms with van der Waals surface area (Å²) in [5.74, 6) is -0.535. The van der Waals surface area contributed by atoms with E-state index in [1.165, 1.54) is 18.2 Å². The van der Waals surface area contributed by atoms with Crippen molar-refractivity contribution in [2.75, 3.05) is 31.1 Å². The fourth-order valence-corrected chi connectivity index (χ4v) is 3.75. The van der Waals surface area contributed by atoms with Crippen LogP contribution < -0.4 is 10.5 Å². The number of piperazine rings is 1. The zero-order chi connectivity index (χ0) is 22.0. The van der Waals surface area contributed by atoms with Crippen LogP contribution in [0.15, 0.2) is 59.4 Å². The number of carbonyl (C=O) groups is 1. The zero-order valence-electron chi connectivity index (χ0n) is 16.5. The van der Waals surface area contributed by atoms with Gasteiger partial charge in [-0.2, -0.15) is 5.10 Å². The van der Waals surface area contributed by atoms with E-state index in [1.54, 1.807) is 29.2 Å². The Balaban J connectivity index is 1.42. The SMILES string of the molecule is O=C(Cn1nc(-c2ccc(F)cc2)ccc1=O)N1CCN(c2ccc(Cl)c(Cl)c2)CC1. The summed E-state index contributed by atoms with van der Waals surface area (Å²) in [6, 6.07) is 14.2. The molecule has 31 heavy (non-hydrogen) atoms. The van der Waals surface area contributed by atoms with E-state index in [-0.39, 0.29) is 23.8 Å². The Labute approximate surface area is 188 Å². The Morgan fingerprint density at radius 2 is 1.65 bits per heavy atom. The van der Waals surface area contributed by atoms with Crippen molar-refractivity contribution in [3.05, 3.63) is 80.8 Å². The molecule has 9 heteroatoms. The average Bonchev–Trinajstić information content (AvgIpc) is 2.78. The van der Waals surface area contributed by atoms with Crippen molar-refractivity contribution in [2.24, 2.45) is 0 Å². The van der Waals surface area contributed by atoms with Gasteiger partial charge in [0.25, 0.3) is 5.56 Å². The first-order valence-corrected chi connectivity index (χ1v) is 10.5. The standard InChI is InChI=1S/C22H19Cl2FN4O2/c23-18-6-5-17(13-19(18)24)27-9-11-28(12-10-27)22(31)14-29-21(30)8-7-20(26-29)15-1-3-16(25)4-2-15/h1-8,13H,9-12,14H2. The van der Waals surface area contributed by atoms with Gasteiger partial charge in [-0.3, -0.25) is 9.59 Å². The Hall–Kier alpha value is -2.90. The molecule has 0 unspecified atom stereocenters. The highest BCUT2D eigenvalue weighted by Crippen LogP contribution is 2.27. The molecule has 0 atom stereocenters. The van der Waals surface area contributed by atoms with Crippen LogP contribution in [0.5, 0.6) is 0 Å². The van der Waals surface area contributed by atoms with Crippen LogP contribution >= 0.6 is 23.2 Å². The molecule has 6 nitrogen and oxygen atoms in total. The molecule has 1 fully saturated rings. The maximum absolute atomic E-state index is 13.2. The molecule has 4 rings (SSSR count). The average molecular weight is 461 g/mol. The second-order valence-corrected chi connectivity index (χ2v) is 8.00. The molecule has 2 heterocycles. The smallest absolute Gasteiger partial charge is 0.267 e. The van der Waals surface area contributed by atoms with Gasteiger partial charge in [0, 0.05) is 43.5 Å². The van der Waals surface area contributed by atoms with Crippen LogP contribution in [0.25, 0.3) is 11.3 Å². The lowest BCUT2D eigenvalue weighted by molar-refractivity contribution is -0.132. The predicted molar refractivity (Wildman–Crippen MR) is 119 cm³/mol. The highest BCUT2D eigenvalue weighted by Gasteiger charge is 2.22. The normalized spacial score (nSPS) is 14.0. The monoisotopic (exact) mass is 460 g/mol. The summed E-state index contributed by atoms with van der Waals surface area (Å²) < 4.78 is 14.3. The topological polar surface area (TPSA) is 58.4 Å². The Kier molecular flexibility index (Phi) is 6.25. The number of hydrogen-bond donors (Lipinski definition) is 0. The molecule has 0 radical (unpaired) electrons. The van der Waals surface area contributed by atoms with Crippen LogP contribution in [0.2, 0.25) is 10.0 Å². The van der Waals surface area contributed by atoms with Gasteiger partial charge in [-0.25, -0.2) is 9.07 Å². The van der Waals surface area contributed by atoms with E-state index in [9.17, 15) is 14.0 Å². The van der Waals surface area contributed by atoms with Crippen molar-refractivity contribution in [3.8, 4) is 11.3 Å². The first-order valence-electron chi connectivity index (χ1n) is 9.72. The first-order chi connectivity index (χ1) is 14.9. The highest BCUT2D eigenvalue weighted by atomic mass is 35.5. The van der Waals surface area contributed by atoms with Gasteiger partial charge in [-0.15, -0.1) is 0 Å². The van der Waals surface area contributed by atoms with Gasteiger partial charge in [0.1, 0.15) is 12.4 Å². The third kappa shape index (κ3) is 4.89. The lowest BCUT2D eigenvalue weighted by Gasteiger charge is -2.36. The van der Waals surface area contributed by atoms with Crippen LogP contribution in [-0.2, 0) is 11.3 Å². The number of aromatic nitrogens is 2. The minimum atomic E-state index is -0.367. The third-order valence-corrected chi connectivity index (χ3v) is 5.93. The molecule has 1 aliphatic rings. The number of hydrogen-bond acceptors (Lipinski definition) is 4. The molecule has 1 aromatic heterocycles. The van der Waals surface area contributed by atoms with Crippen LogP contribution in [-0.4, -0.2) is 46.8 Å². The number of amides is 1. The van der Waals surface area contributed by atoms with Crippen molar-refractivity contribution < 1.29 is 9.18 Å². The van der Waals surface area contributed by atoms with Gasteiger partial charge < -0.3 is 9.80 Å². The third-order valence-electron chi connectivity index (χ3n) is 5.19. The molecule has 0 aliphatic carbocycles. The van der Waals surface area contributed by atoms with E-state index in [0.717, 1.165) is 10.4 Å². The molecule has 1 saturated heterocycles. The number of nitrogens with zero attached hydrogens (tertiary/aromatic N) is 4. The van der Waals surface area contributed by atoms with Crippen molar-refractivity contribution in [3.63, 3.8) is 0 Å². The fourth-order valence-electron chi connectivity index (χ4n) is 3.46. The molecule has 2 aromatic carbocycles. The van der Waals surface area contributed by atoms with Crippen LogP contribution in [0.1, 0.15) is 0 Å². The first kappa shape index (κ1) is 21.3. The summed E-state index contributed by atoms with van der Waals surface area (Å²) >= 11 is 12.1. The predicted octanol–water partition coefficient (Wildman–Crippen LogP) is 3.71. The summed E-state index contributed by atoms with van der Waals surface area (Å²) in [7, 11) is 0. The number of benzene rings is 2. The van der Waals surface area contributed by atoms with Crippen molar-refractivity contribution >= 4 is 34.8 Å². The maximum Gasteiger partial charge on any atom is 0.267 e. The number of carbonyl (C=O) groups excluding carboxylic acids is 1. The molecular weight excluding hydrogens is 442 g/mol. The van der Waals surface area contributed by atoms with Crippen molar-refractivity contribution in [1.82, 2.24) is 14.7 Å². The van der Waals surface area contributed by atoms with E-state index in [1.807, 2.05) is 12.1 Å². The lowest BCUT2D eigenvalue weighted by atomic mass is 10.1. The second-order valence-electron chi connectivity index (χ2n) is 7.19. The lowest BCUT2D eigenvalue weighted by Crippen LogP contribution is -2.50. The largest absolute Gasteiger partial charge is 0.368 e. The van der Waals surface area contributed by atoms with E-state index in [2.05, 4.69) is 10.00 Å². The molecule has 0 bridgehead atoms. The van der Waals surface area contributed by atoms with Gasteiger partial charge >= 0.3 is 0 Å². The number of anilines is 1. The molecular formula is C22H19Cl2FN4O2. The minimum absolute atomic E-state index is 0.152. The van der Waals surface area contributed by atoms with Crippen molar-refractivity contribution in [2.45, 2.75) is 6.54 Å². The maximum atomic E-state index is 13.2. The Bertz CT molecular complexity index is 1160. The number of rotatable bonds is 4. The number of halogens is 3. The second kappa shape index (κ2) is 9.08. The van der Waals surface area contributed by atoms with E-state index in [0.29, 0.717) is 47.5 Å². The van der Waals surface area contributed by atoms with E-state index in [4.69, 9.17) is 23.2 Å². The summed E-state index contributed by atoms with van der Waals surface area (Å²) in [5.41, 5.74) is 1.75. The Morgan fingerprint density at radius 1 is 0.935 bits per heavy atom. The molecule has 0 saturated carbocycles. The van der Waals surface area contributed by atoms with Crippen LogP contribution in [0.3, 0.4) is 0 Å². The molecule has 1 aliphatic heterocycles. The molecule has 1 amide bonds. The van der Waals surface area contributed by atoms with E-state index >= 15 is 0 Å². The van der Waals surface area contributed by atoms with Gasteiger partial charge in [-0.1, -0.05) is 23.2 Å². The van der Waals surface area contributed by atoms with Gasteiger partial charge in [0.15, 0.2) is 0 Å². The molecule has 0 N–H and O–H groups in total. The molecule has 160 valence electrons. The summed E-state index contributed by atoms with van der Waals surface area (Å²) in [5, 5.41) is 5.27. The minimum Gasteiger partial charge on any atom is -0.368 e. The van der Waals surface area contributed by atoms with Crippen molar-refractivity contribution in [1.29, 1.82) is 0 Å². The quantitative estimate of drug-likeness (QED) is 0.595. The van der Waals surface area contributed by atoms with Gasteiger partial charge in [-0.05, 0) is 48.5 Å². The zero-order valence-corrected chi connectivity index (χ0v) is 18.0. The van der Waals surface area contributed by atoms with Gasteiger partial charge in [0.05, 0.1) is 15.7 Å². The van der Waals surface area contributed by atoms with Gasteiger partial charge in [0.2, 0.25) is 5.91 Å². The van der Waals surface area contributed by atoms with Crippen LogP contribution in [0, 0.1) is 5.82 Å². The summed E-state index contributed by atoms with van der Waals surface area (Å²) in [6.45, 7) is 2.17. The summed E-state index contributed by atoms with van der Waals surface area (Å²) in [4.78, 5) is 28.8. The summed E-state index contributed by atoms with van der Waals surface area (Å²) in [6.07, 6.45) is 0. The van der Waals surface area contributed by atoms with E-state index < -0.39 is 0 Å². The molecule has 0 spiro atoms. The Morgan fingerprint density at radius 3 is 2.32 bits per heavy atom. The highest BCUT2D eigenvalue weighted by molar-refractivity contribution is 6.42. The fraction of sp³-hybridized carbons (Fsp3) is 0.227. The molecule has 3 aromatic rings.